The smallest absolute Gasteiger partial charge is 0.294 e. The number of fused-ring (bicyclic) bond motifs is 1. The topological polar surface area (TPSA) is 158 Å². The molecule has 0 heterocycles. The molecule has 0 atom stereocenters. The number of aromatic hydroxyl groups is 1. The van der Waals surface area contributed by atoms with Crippen LogP contribution in [0.4, 0.5) is 22.7 Å². The van der Waals surface area contributed by atoms with Crippen molar-refractivity contribution in [3.8, 4) is 5.75 Å². The second kappa shape index (κ2) is 11.4. The molecule has 41 heavy (non-hydrogen) atoms. The highest BCUT2D eigenvalue weighted by atomic mass is 32.2. The van der Waals surface area contributed by atoms with Crippen molar-refractivity contribution in [1.82, 2.24) is 0 Å². The number of rotatable bonds is 7. The fraction of sp³-hybridized carbons (Fsp3) is 0. The van der Waals surface area contributed by atoms with Gasteiger partial charge in [-0.1, -0.05) is 48.5 Å². The average Bonchev–Trinajstić information content (AvgIpc) is 2.97. The fourth-order valence-corrected chi connectivity index (χ4v) is 4.58. The Morgan fingerprint density at radius 1 is 0.683 bits per heavy atom. The van der Waals surface area contributed by atoms with Gasteiger partial charge in [-0.05, 0) is 66.0 Å². The summed E-state index contributed by atoms with van der Waals surface area (Å²) in [6.07, 6.45) is 0. The van der Waals surface area contributed by atoms with Gasteiger partial charge in [0, 0.05) is 22.3 Å². The van der Waals surface area contributed by atoms with Gasteiger partial charge in [-0.15, -0.1) is 5.11 Å². The molecule has 204 valence electrons. The van der Waals surface area contributed by atoms with Gasteiger partial charge in [-0.25, -0.2) is 0 Å². The van der Waals surface area contributed by atoms with E-state index < -0.39 is 26.7 Å². The second-order valence-corrected chi connectivity index (χ2v) is 10.3. The molecular weight excluding hydrogens is 544 g/mol. The van der Waals surface area contributed by atoms with E-state index in [0.29, 0.717) is 27.7 Å². The summed E-state index contributed by atoms with van der Waals surface area (Å²) in [4.78, 5) is 25.8. The van der Waals surface area contributed by atoms with Gasteiger partial charge in [-0.3, -0.25) is 14.1 Å². The molecule has 0 unspecified atom stereocenters. The van der Waals surface area contributed by atoms with Crippen LogP contribution in [0.15, 0.2) is 124 Å². The third kappa shape index (κ3) is 6.27. The first-order valence-electron chi connectivity index (χ1n) is 12.2. The molecule has 0 spiro atoms. The van der Waals surface area contributed by atoms with Gasteiger partial charge in [-0.2, -0.15) is 13.5 Å². The third-order valence-electron chi connectivity index (χ3n) is 6.04. The maximum Gasteiger partial charge on any atom is 0.294 e. The molecule has 0 fully saturated rings. The number of nitrogens with zero attached hydrogens (tertiary/aromatic N) is 2. The van der Waals surface area contributed by atoms with E-state index in [1.807, 2.05) is 12.1 Å². The first-order valence-corrected chi connectivity index (χ1v) is 13.6. The average molecular weight is 567 g/mol. The number of carbonyl (C=O) groups is 2. The highest BCUT2D eigenvalue weighted by molar-refractivity contribution is 7.85. The zero-order chi connectivity index (χ0) is 29.0. The molecule has 0 bridgehead atoms. The molecule has 0 aliphatic rings. The number of nitrogens with one attached hydrogen (secondary N) is 2. The van der Waals surface area contributed by atoms with Crippen molar-refractivity contribution in [2.45, 2.75) is 4.90 Å². The van der Waals surface area contributed by atoms with Crippen molar-refractivity contribution in [1.29, 1.82) is 0 Å². The molecule has 0 aliphatic heterocycles. The summed E-state index contributed by atoms with van der Waals surface area (Å²) in [6.45, 7) is 0. The van der Waals surface area contributed by atoms with E-state index in [2.05, 4.69) is 20.9 Å². The van der Waals surface area contributed by atoms with Gasteiger partial charge in [0.1, 0.15) is 5.69 Å². The standard InChI is InChI=1S/C30H22N4O6S/c35-28-26(30(37)32-23-12-7-13-24(18-23)41(38,39)40)17-20-16-19(29(36)31-21-8-3-1-4-9-21)14-15-25(20)27(28)34-33-22-10-5-2-6-11-22/h1-18,35H,(H,31,36)(H,32,37)(H,38,39,40). The summed E-state index contributed by atoms with van der Waals surface area (Å²) in [6, 6.07) is 28.8. The van der Waals surface area contributed by atoms with Gasteiger partial charge < -0.3 is 15.7 Å². The van der Waals surface area contributed by atoms with Crippen LogP contribution in [-0.4, -0.2) is 29.9 Å². The number of azo groups is 1. The SMILES string of the molecule is O=C(Nc1ccccc1)c1ccc2c(N=Nc3ccccc3)c(O)c(C(=O)Nc3cccc(S(=O)(=O)O)c3)cc2c1. The fourth-order valence-electron chi connectivity index (χ4n) is 4.05. The van der Waals surface area contributed by atoms with E-state index in [4.69, 9.17) is 0 Å². The first kappa shape index (κ1) is 27.2. The molecular formula is C30H22N4O6S. The van der Waals surface area contributed by atoms with Crippen molar-refractivity contribution in [3.63, 3.8) is 0 Å². The first-order chi connectivity index (χ1) is 19.7. The van der Waals surface area contributed by atoms with Gasteiger partial charge in [0.05, 0.1) is 16.1 Å². The summed E-state index contributed by atoms with van der Waals surface area (Å²) in [5.74, 6) is -1.64. The minimum absolute atomic E-state index is 0.00166. The van der Waals surface area contributed by atoms with E-state index in [1.54, 1.807) is 66.7 Å². The molecule has 5 aromatic rings. The quantitative estimate of drug-likeness (QED) is 0.127. The number of benzene rings is 5. The number of hydrogen-bond acceptors (Lipinski definition) is 7. The molecule has 0 aromatic heterocycles. The second-order valence-electron chi connectivity index (χ2n) is 8.87. The van der Waals surface area contributed by atoms with Crippen molar-refractivity contribution < 1.29 is 27.7 Å². The van der Waals surface area contributed by atoms with E-state index in [-0.39, 0.29) is 22.8 Å². The van der Waals surface area contributed by atoms with Gasteiger partial charge >= 0.3 is 0 Å². The number of amides is 2. The molecule has 5 rings (SSSR count). The Labute approximate surface area is 234 Å². The van der Waals surface area contributed by atoms with Crippen LogP contribution in [0.2, 0.25) is 0 Å². The molecule has 5 aromatic carbocycles. The van der Waals surface area contributed by atoms with E-state index in [0.717, 1.165) is 6.07 Å². The zero-order valence-corrected chi connectivity index (χ0v) is 22.0. The maximum absolute atomic E-state index is 13.3. The number of anilines is 2. The Hall–Kier alpha value is -5.39. The lowest BCUT2D eigenvalue weighted by Crippen LogP contribution is -2.13. The summed E-state index contributed by atoms with van der Waals surface area (Å²) in [5.41, 5.74) is 1.28. The number of phenolic OH excluding ortho intramolecular Hbond substituents is 1. The molecule has 4 N–H and O–H groups in total. The number of carbonyl (C=O) groups excluding carboxylic acids is 2. The predicted octanol–water partition coefficient (Wildman–Crippen LogP) is 6.71. The lowest BCUT2D eigenvalue weighted by molar-refractivity contribution is 0.101. The van der Waals surface area contributed by atoms with Crippen LogP contribution >= 0.6 is 0 Å². The molecule has 10 nitrogen and oxygen atoms in total. The molecule has 0 saturated carbocycles. The Balaban J connectivity index is 1.57. The van der Waals surface area contributed by atoms with Gasteiger partial charge in [0.25, 0.3) is 21.9 Å². The number of hydrogen-bond donors (Lipinski definition) is 4. The monoisotopic (exact) mass is 566 g/mol. The van der Waals surface area contributed by atoms with Crippen LogP contribution in [0.3, 0.4) is 0 Å². The van der Waals surface area contributed by atoms with Crippen LogP contribution in [-0.2, 0) is 10.1 Å². The van der Waals surface area contributed by atoms with Gasteiger partial charge in [0.2, 0.25) is 0 Å². The van der Waals surface area contributed by atoms with E-state index in [1.165, 1.54) is 24.3 Å². The number of para-hydroxylation sites is 1. The lowest BCUT2D eigenvalue weighted by atomic mass is 10.0. The Bertz CT molecular complexity index is 1910. The van der Waals surface area contributed by atoms with Crippen molar-refractivity contribution in [2.75, 3.05) is 10.6 Å². The van der Waals surface area contributed by atoms with Crippen LogP contribution in [0, 0.1) is 0 Å². The Morgan fingerprint density at radius 3 is 2.05 bits per heavy atom. The van der Waals surface area contributed by atoms with Crippen molar-refractivity contribution in [2.24, 2.45) is 10.2 Å². The molecule has 2 amide bonds. The van der Waals surface area contributed by atoms with Crippen LogP contribution in [0.25, 0.3) is 10.8 Å². The summed E-state index contributed by atoms with van der Waals surface area (Å²) in [5, 5.41) is 25.7. The predicted molar refractivity (Wildman–Crippen MR) is 155 cm³/mol. The molecule has 0 saturated heterocycles. The van der Waals surface area contributed by atoms with Crippen molar-refractivity contribution >= 4 is 55.5 Å². The molecule has 0 aliphatic carbocycles. The zero-order valence-electron chi connectivity index (χ0n) is 21.2. The summed E-state index contributed by atoms with van der Waals surface area (Å²) < 4.78 is 32.4. The molecule has 11 heteroatoms. The highest BCUT2D eigenvalue weighted by Gasteiger charge is 2.20. The summed E-state index contributed by atoms with van der Waals surface area (Å²) >= 11 is 0. The van der Waals surface area contributed by atoms with Crippen LogP contribution < -0.4 is 10.6 Å². The normalized spacial score (nSPS) is 11.4. The largest absolute Gasteiger partial charge is 0.505 e. The Kier molecular flexibility index (Phi) is 7.55. The van der Waals surface area contributed by atoms with Crippen LogP contribution in [0.5, 0.6) is 5.75 Å². The highest BCUT2D eigenvalue weighted by Crippen LogP contribution is 2.40. The minimum Gasteiger partial charge on any atom is -0.505 e. The van der Waals surface area contributed by atoms with Crippen LogP contribution in [0.1, 0.15) is 20.7 Å². The Morgan fingerprint density at radius 2 is 1.34 bits per heavy atom. The maximum atomic E-state index is 13.3. The third-order valence-corrected chi connectivity index (χ3v) is 6.89. The van der Waals surface area contributed by atoms with Crippen molar-refractivity contribution in [3.05, 3.63) is 120 Å². The lowest BCUT2D eigenvalue weighted by Gasteiger charge is -2.13. The van der Waals surface area contributed by atoms with E-state index >= 15 is 0 Å². The number of phenols is 1. The summed E-state index contributed by atoms with van der Waals surface area (Å²) in [7, 11) is -4.50. The minimum atomic E-state index is -4.50. The van der Waals surface area contributed by atoms with Gasteiger partial charge in [0.15, 0.2) is 5.75 Å². The van der Waals surface area contributed by atoms with E-state index in [9.17, 15) is 27.7 Å². The molecule has 0 radical (unpaired) electrons.